The lowest BCUT2D eigenvalue weighted by Crippen LogP contribution is -2.48. The highest BCUT2D eigenvalue weighted by atomic mass is 16.2. The van der Waals surface area contributed by atoms with Crippen molar-refractivity contribution in [2.45, 2.75) is 25.3 Å². The van der Waals surface area contributed by atoms with E-state index in [2.05, 4.69) is 25.8 Å². The van der Waals surface area contributed by atoms with Crippen LogP contribution in [0, 0.1) is 0 Å². The second-order valence-corrected chi connectivity index (χ2v) is 3.65. The van der Waals surface area contributed by atoms with E-state index >= 15 is 0 Å². The maximum absolute atomic E-state index is 11.8. The number of nitrogens with zero attached hydrogens (tertiary/aromatic N) is 2. The molecule has 0 bridgehead atoms. The Hall–Kier alpha value is -1.43. The average molecular weight is 195 g/mol. The van der Waals surface area contributed by atoms with Crippen molar-refractivity contribution in [2.24, 2.45) is 0 Å². The first-order valence-electron chi connectivity index (χ1n) is 4.62. The Kier molecular flexibility index (Phi) is 2.20. The van der Waals surface area contributed by atoms with Crippen LogP contribution in [0.2, 0.25) is 0 Å². The normalized spacial score (nSPS) is 26.4. The van der Waals surface area contributed by atoms with Crippen molar-refractivity contribution in [1.29, 1.82) is 0 Å². The lowest BCUT2D eigenvalue weighted by molar-refractivity contribution is -0.121. The third kappa shape index (κ3) is 1.60. The summed E-state index contributed by atoms with van der Waals surface area (Å²) in [5, 5.41) is 12.1. The van der Waals surface area contributed by atoms with Gasteiger partial charge in [-0.05, 0) is 26.3 Å². The summed E-state index contributed by atoms with van der Waals surface area (Å²) in [6, 6.07) is 0. The summed E-state index contributed by atoms with van der Waals surface area (Å²) in [5.74, 6) is 0.330. The third-order valence-electron chi connectivity index (χ3n) is 2.52. The van der Waals surface area contributed by atoms with E-state index in [9.17, 15) is 4.79 Å². The zero-order chi connectivity index (χ0) is 10.0. The monoisotopic (exact) mass is 195 g/mol. The first-order valence-corrected chi connectivity index (χ1v) is 4.62. The number of hydrogen-bond acceptors (Lipinski definition) is 4. The molecule has 6 nitrogen and oxygen atoms in total. The Morgan fingerprint density at radius 2 is 2.57 bits per heavy atom. The van der Waals surface area contributed by atoms with Gasteiger partial charge in [0.25, 0.3) is 0 Å². The minimum absolute atomic E-state index is 0.0632. The second-order valence-electron chi connectivity index (χ2n) is 3.65. The summed E-state index contributed by atoms with van der Waals surface area (Å²) >= 11 is 0. The zero-order valence-corrected chi connectivity index (χ0v) is 8.00. The summed E-state index contributed by atoms with van der Waals surface area (Å²) in [5.41, 5.74) is -0.465. The van der Waals surface area contributed by atoms with Gasteiger partial charge in [-0.3, -0.25) is 10.1 Å². The van der Waals surface area contributed by atoms with Crippen LogP contribution in [0.5, 0.6) is 0 Å². The SMILES string of the molecule is CC1(C(=O)Nc2ncn[nH]2)CCCN1. The topological polar surface area (TPSA) is 82.7 Å². The molecule has 2 rings (SSSR count). The fourth-order valence-corrected chi connectivity index (χ4v) is 1.60. The summed E-state index contributed by atoms with van der Waals surface area (Å²) < 4.78 is 0. The van der Waals surface area contributed by atoms with Crippen molar-refractivity contribution in [1.82, 2.24) is 20.5 Å². The van der Waals surface area contributed by atoms with Crippen molar-refractivity contribution < 1.29 is 4.79 Å². The molecule has 1 aliphatic rings. The number of hydrogen-bond donors (Lipinski definition) is 3. The molecule has 3 N–H and O–H groups in total. The largest absolute Gasteiger partial charge is 0.304 e. The average Bonchev–Trinajstić information content (AvgIpc) is 2.76. The van der Waals surface area contributed by atoms with E-state index in [1.54, 1.807) is 0 Å². The van der Waals surface area contributed by atoms with Gasteiger partial charge in [0.05, 0.1) is 5.54 Å². The summed E-state index contributed by atoms with van der Waals surface area (Å²) in [6.45, 7) is 2.78. The smallest absolute Gasteiger partial charge is 0.246 e. The number of rotatable bonds is 2. The third-order valence-corrected chi connectivity index (χ3v) is 2.52. The molecular weight excluding hydrogens is 182 g/mol. The Balaban J connectivity index is 2.02. The highest BCUT2D eigenvalue weighted by Crippen LogP contribution is 2.19. The minimum atomic E-state index is -0.465. The highest BCUT2D eigenvalue weighted by molar-refractivity contribution is 5.96. The van der Waals surface area contributed by atoms with Gasteiger partial charge in [0, 0.05) is 0 Å². The van der Waals surface area contributed by atoms with Gasteiger partial charge in [0.15, 0.2) is 0 Å². The van der Waals surface area contributed by atoms with E-state index in [0.29, 0.717) is 5.95 Å². The van der Waals surface area contributed by atoms with Crippen LogP contribution in [-0.2, 0) is 4.79 Å². The minimum Gasteiger partial charge on any atom is -0.304 e. The zero-order valence-electron chi connectivity index (χ0n) is 8.00. The maximum Gasteiger partial charge on any atom is 0.246 e. The second kappa shape index (κ2) is 3.38. The van der Waals surface area contributed by atoms with Crippen molar-refractivity contribution in [3.63, 3.8) is 0 Å². The number of carbonyl (C=O) groups is 1. The Bertz CT molecular complexity index is 314. The van der Waals surface area contributed by atoms with Crippen LogP contribution < -0.4 is 10.6 Å². The Morgan fingerprint density at radius 3 is 3.14 bits per heavy atom. The van der Waals surface area contributed by atoms with Gasteiger partial charge in [-0.2, -0.15) is 10.1 Å². The van der Waals surface area contributed by atoms with Crippen LogP contribution in [0.25, 0.3) is 0 Å². The first kappa shape index (κ1) is 9.14. The molecule has 0 saturated carbocycles. The standard InChI is InChI=1S/C8H13N5O/c1-8(3-2-4-10-8)6(14)12-7-9-5-11-13-7/h5,10H,2-4H2,1H3,(H2,9,11,12,13,14). The predicted octanol–water partition coefficient (Wildman–Crippen LogP) is -0.115. The molecule has 14 heavy (non-hydrogen) atoms. The van der Waals surface area contributed by atoms with Crippen LogP contribution in [0.3, 0.4) is 0 Å². The van der Waals surface area contributed by atoms with Crippen LogP contribution in [0.15, 0.2) is 6.33 Å². The van der Waals surface area contributed by atoms with Crippen molar-refractivity contribution in [3.8, 4) is 0 Å². The summed E-state index contributed by atoms with van der Waals surface area (Å²) in [6.07, 6.45) is 3.24. The van der Waals surface area contributed by atoms with Gasteiger partial charge in [0.2, 0.25) is 11.9 Å². The van der Waals surface area contributed by atoms with E-state index in [1.807, 2.05) is 6.92 Å². The van der Waals surface area contributed by atoms with E-state index in [4.69, 9.17) is 0 Å². The van der Waals surface area contributed by atoms with E-state index in [1.165, 1.54) is 6.33 Å². The van der Waals surface area contributed by atoms with Crippen LogP contribution in [0.1, 0.15) is 19.8 Å². The number of amides is 1. The lowest BCUT2D eigenvalue weighted by Gasteiger charge is -2.21. The van der Waals surface area contributed by atoms with Gasteiger partial charge in [0.1, 0.15) is 6.33 Å². The molecule has 6 heteroatoms. The molecule has 0 radical (unpaired) electrons. The number of anilines is 1. The number of nitrogens with one attached hydrogen (secondary N) is 3. The quantitative estimate of drug-likeness (QED) is 0.614. The molecule has 0 aliphatic carbocycles. The number of H-pyrrole nitrogens is 1. The van der Waals surface area contributed by atoms with Gasteiger partial charge in [-0.25, -0.2) is 5.10 Å². The van der Waals surface area contributed by atoms with E-state index < -0.39 is 5.54 Å². The highest BCUT2D eigenvalue weighted by Gasteiger charge is 2.36. The van der Waals surface area contributed by atoms with Crippen LogP contribution >= 0.6 is 0 Å². The Morgan fingerprint density at radius 1 is 1.71 bits per heavy atom. The molecular formula is C8H13N5O. The number of carbonyl (C=O) groups excluding carboxylic acids is 1. The molecule has 1 aromatic heterocycles. The molecule has 1 aliphatic heterocycles. The van der Waals surface area contributed by atoms with Gasteiger partial charge >= 0.3 is 0 Å². The molecule has 1 amide bonds. The van der Waals surface area contributed by atoms with Crippen molar-refractivity contribution >= 4 is 11.9 Å². The van der Waals surface area contributed by atoms with Gasteiger partial charge in [-0.1, -0.05) is 0 Å². The first-order chi connectivity index (χ1) is 6.71. The Labute approximate surface area is 81.5 Å². The van der Waals surface area contributed by atoms with Crippen molar-refractivity contribution in [3.05, 3.63) is 6.33 Å². The molecule has 0 spiro atoms. The molecule has 1 saturated heterocycles. The molecule has 1 atom stereocenters. The van der Waals surface area contributed by atoms with Gasteiger partial charge < -0.3 is 5.32 Å². The fraction of sp³-hybridized carbons (Fsp3) is 0.625. The fourth-order valence-electron chi connectivity index (χ4n) is 1.60. The molecule has 76 valence electrons. The van der Waals surface area contributed by atoms with E-state index in [-0.39, 0.29) is 5.91 Å². The molecule has 2 heterocycles. The maximum atomic E-state index is 11.8. The molecule has 1 aromatic rings. The molecule has 0 aromatic carbocycles. The van der Waals surface area contributed by atoms with Crippen LogP contribution in [-0.4, -0.2) is 33.2 Å². The summed E-state index contributed by atoms with van der Waals surface area (Å²) in [7, 11) is 0. The van der Waals surface area contributed by atoms with E-state index in [0.717, 1.165) is 19.4 Å². The van der Waals surface area contributed by atoms with Crippen molar-refractivity contribution in [2.75, 3.05) is 11.9 Å². The summed E-state index contributed by atoms with van der Waals surface area (Å²) in [4.78, 5) is 15.6. The van der Waals surface area contributed by atoms with Crippen LogP contribution in [0.4, 0.5) is 5.95 Å². The molecule has 1 fully saturated rings. The molecule has 1 unspecified atom stereocenters. The van der Waals surface area contributed by atoms with Gasteiger partial charge in [-0.15, -0.1) is 0 Å². The number of aromatic nitrogens is 3. The number of aromatic amines is 1. The lowest BCUT2D eigenvalue weighted by atomic mass is 10.00. The predicted molar refractivity (Wildman–Crippen MR) is 50.7 cm³/mol.